The molecule has 0 radical (unpaired) electrons. The monoisotopic (exact) mass is 334 g/mol. The van der Waals surface area contributed by atoms with Gasteiger partial charge in [0.15, 0.2) is 0 Å². The minimum absolute atomic E-state index is 0.409. The molecule has 2 rings (SSSR count). The average molecular weight is 335 g/mol. The first-order valence-corrected chi connectivity index (χ1v) is 10.5. The molecule has 1 aliphatic carbocycles. The number of nitrogens with zero attached hydrogens (tertiary/aromatic N) is 1. The normalized spacial score (nSPS) is 23.3. The van der Waals surface area contributed by atoms with Crippen LogP contribution in [0, 0.1) is 5.92 Å². The van der Waals surface area contributed by atoms with E-state index < -0.39 is 5.60 Å². The Labute approximate surface area is 148 Å². The number of hydrogen-bond donors (Lipinski definition) is 2. The minimum atomic E-state index is -0.665. The van der Waals surface area contributed by atoms with E-state index in [2.05, 4.69) is 16.9 Å². The van der Waals surface area contributed by atoms with Crippen LogP contribution in [-0.2, 0) is 5.60 Å². The van der Waals surface area contributed by atoms with Gasteiger partial charge in [-0.3, -0.25) is 0 Å². The summed E-state index contributed by atoms with van der Waals surface area (Å²) in [6.07, 6.45) is 23.4. The molecule has 1 fully saturated rings. The van der Waals surface area contributed by atoms with Gasteiger partial charge in [0, 0.05) is 12.4 Å². The van der Waals surface area contributed by atoms with Crippen LogP contribution in [0.4, 0.5) is 0 Å². The number of aromatic nitrogens is 2. The van der Waals surface area contributed by atoms with Gasteiger partial charge in [-0.25, -0.2) is 4.98 Å². The summed E-state index contributed by atoms with van der Waals surface area (Å²) in [7, 11) is 0. The van der Waals surface area contributed by atoms with Crippen LogP contribution in [0.3, 0.4) is 0 Å². The van der Waals surface area contributed by atoms with E-state index in [9.17, 15) is 5.11 Å². The number of aliphatic hydroxyl groups is 1. The number of aromatic amines is 1. The van der Waals surface area contributed by atoms with Crippen LogP contribution in [0.1, 0.15) is 109 Å². The van der Waals surface area contributed by atoms with Crippen LogP contribution >= 0.6 is 0 Å². The first-order chi connectivity index (χ1) is 11.8. The first kappa shape index (κ1) is 19.5. The standard InChI is InChI=1S/C21H38N2O/c1-2-3-4-5-6-7-8-9-10-11-12-13-14-19-15-16-21(19,24)20-22-17-18-23-20/h17-19,24H,2-16H2,1H3,(H,22,23). The lowest BCUT2D eigenvalue weighted by Gasteiger charge is -2.44. The number of nitrogens with one attached hydrogen (secondary N) is 1. The van der Waals surface area contributed by atoms with Gasteiger partial charge in [-0.05, 0) is 25.2 Å². The molecular formula is C21H38N2O. The maximum absolute atomic E-state index is 10.7. The fourth-order valence-electron chi connectivity index (χ4n) is 4.05. The van der Waals surface area contributed by atoms with Gasteiger partial charge in [-0.2, -0.15) is 0 Å². The summed E-state index contributed by atoms with van der Waals surface area (Å²) in [5.41, 5.74) is -0.665. The second-order valence-corrected chi connectivity index (χ2v) is 7.78. The van der Waals surface area contributed by atoms with Crippen LogP contribution in [-0.4, -0.2) is 15.1 Å². The Morgan fingerprint density at radius 1 is 1.00 bits per heavy atom. The smallest absolute Gasteiger partial charge is 0.138 e. The van der Waals surface area contributed by atoms with Crippen molar-refractivity contribution in [3.63, 3.8) is 0 Å². The maximum atomic E-state index is 10.7. The third-order valence-corrected chi connectivity index (χ3v) is 5.86. The van der Waals surface area contributed by atoms with Gasteiger partial charge in [0.1, 0.15) is 11.4 Å². The minimum Gasteiger partial charge on any atom is -0.382 e. The van der Waals surface area contributed by atoms with E-state index in [0.29, 0.717) is 5.92 Å². The van der Waals surface area contributed by atoms with Crippen molar-refractivity contribution >= 4 is 0 Å². The maximum Gasteiger partial charge on any atom is 0.138 e. The average Bonchev–Trinajstić information content (AvgIpc) is 3.12. The number of H-pyrrole nitrogens is 1. The van der Waals surface area contributed by atoms with Crippen LogP contribution in [0.25, 0.3) is 0 Å². The predicted octanol–water partition coefficient (Wildman–Crippen LogP) is 6.10. The van der Waals surface area contributed by atoms with Gasteiger partial charge in [0.2, 0.25) is 0 Å². The van der Waals surface area contributed by atoms with E-state index in [1.807, 2.05) is 6.20 Å². The molecule has 138 valence electrons. The Morgan fingerprint density at radius 2 is 1.58 bits per heavy atom. The number of rotatable bonds is 14. The molecule has 0 aromatic carbocycles. The second-order valence-electron chi connectivity index (χ2n) is 7.78. The Morgan fingerprint density at radius 3 is 2.04 bits per heavy atom. The molecule has 1 aromatic heterocycles. The molecule has 2 unspecified atom stereocenters. The zero-order valence-corrected chi connectivity index (χ0v) is 15.7. The Hall–Kier alpha value is -0.830. The van der Waals surface area contributed by atoms with Crippen LogP contribution in [0.5, 0.6) is 0 Å². The first-order valence-electron chi connectivity index (χ1n) is 10.5. The molecule has 1 heterocycles. The van der Waals surface area contributed by atoms with Crippen LogP contribution in [0.2, 0.25) is 0 Å². The van der Waals surface area contributed by atoms with Gasteiger partial charge >= 0.3 is 0 Å². The Balaban J connectivity index is 1.41. The lowest BCUT2D eigenvalue weighted by atomic mass is 9.66. The van der Waals surface area contributed by atoms with Gasteiger partial charge in [-0.1, -0.05) is 84.0 Å². The van der Waals surface area contributed by atoms with Gasteiger partial charge < -0.3 is 10.1 Å². The Bertz CT molecular complexity index is 417. The summed E-state index contributed by atoms with van der Waals surface area (Å²) in [5, 5.41) is 10.7. The van der Waals surface area contributed by atoms with Crippen molar-refractivity contribution in [2.75, 3.05) is 0 Å². The SMILES string of the molecule is CCCCCCCCCCCCCCC1CCC1(O)c1ncc[nH]1. The van der Waals surface area contributed by atoms with Crippen molar-refractivity contribution in [3.8, 4) is 0 Å². The summed E-state index contributed by atoms with van der Waals surface area (Å²) in [6, 6.07) is 0. The largest absolute Gasteiger partial charge is 0.382 e. The summed E-state index contributed by atoms with van der Waals surface area (Å²) in [5.74, 6) is 1.18. The van der Waals surface area contributed by atoms with Gasteiger partial charge in [0.05, 0.1) is 0 Å². The summed E-state index contributed by atoms with van der Waals surface area (Å²) in [6.45, 7) is 2.28. The molecule has 3 nitrogen and oxygen atoms in total. The molecule has 0 aliphatic heterocycles. The molecular weight excluding hydrogens is 296 g/mol. The summed E-state index contributed by atoms with van der Waals surface area (Å²) >= 11 is 0. The molecule has 1 aromatic rings. The van der Waals surface area contributed by atoms with E-state index in [-0.39, 0.29) is 0 Å². The highest BCUT2D eigenvalue weighted by Crippen LogP contribution is 2.47. The van der Waals surface area contributed by atoms with Crippen LogP contribution in [0.15, 0.2) is 12.4 Å². The number of unbranched alkanes of at least 4 members (excludes halogenated alkanes) is 11. The highest BCUT2D eigenvalue weighted by atomic mass is 16.3. The van der Waals surface area contributed by atoms with E-state index in [1.54, 1.807) is 6.20 Å². The summed E-state index contributed by atoms with van der Waals surface area (Å²) < 4.78 is 0. The molecule has 2 N–H and O–H groups in total. The topological polar surface area (TPSA) is 48.9 Å². The van der Waals surface area contributed by atoms with Crippen LogP contribution < -0.4 is 0 Å². The van der Waals surface area contributed by atoms with E-state index in [1.165, 1.54) is 77.0 Å². The lowest BCUT2D eigenvalue weighted by molar-refractivity contribution is -0.111. The zero-order chi connectivity index (χ0) is 17.1. The van der Waals surface area contributed by atoms with Crippen molar-refractivity contribution in [1.29, 1.82) is 0 Å². The zero-order valence-electron chi connectivity index (χ0n) is 15.7. The fraction of sp³-hybridized carbons (Fsp3) is 0.857. The van der Waals surface area contributed by atoms with Crippen molar-refractivity contribution in [2.45, 2.75) is 109 Å². The van der Waals surface area contributed by atoms with E-state index >= 15 is 0 Å². The molecule has 0 spiro atoms. The predicted molar refractivity (Wildman–Crippen MR) is 101 cm³/mol. The van der Waals surface area contributed by atoms with Gasteiger partial charge in [0.25, 0.3) is 0 Å². The molecule has 0 amide bonds. The van der Waals surface area contributed by atoms with Crippen molar-refractivity contribution in [1.82, 2.24) is 9.97 Å². The third-order valence-electron chi connectivity index (χ3n) is 5.86. The highest BCUT2D eigenvalue weighted by Gasteiger charge is 2.47. The highest BCUT2D eigenvalue weighted by molar-refractivity contribution is 5.10. The Kier molecular flexibility index (Phi) is 8.87. The van der Waals surface area contributed by atoms with Crippen molar-refractivity contribution in [2.24, 2.45) is 5.92 Å². The lowest BCUT2D eigenvalue weighted by Crippen LogP contribution is -2.45. The number of hydrogen-bond acceptors (Lipinski definition) is 2. The fourth-order valence-corrected chi connectivity index (χ4v) is 4.05. The molecule has 2 atom stereocenters. The molecule has 0 bridgehead atoms. The van der Waals surface area contributed by atoms with Crippen molar-refractivity contribution in [3.05, 3.63) is 18.2 Å². The molecule has 1 aliphatic rings. The molecule has 3 heteroatoms. The molecule has 24 heavy (non-hydrogen) atoms. The number of imidazole rings is 1. The second kappa shape index (κ2) is 10.9. The molecule has 0 saturated heterocycles. The van der Waals surface area contributed by atoms with E-state index in [4.69, 9.17) is 0 Å². The quantitative estimate of drug-likeness (QED) is 0.404. The van der Waals surface area contributed by atoms with Crippen molar-refractivity contribution < 1.29 is 5.11 Å². The molecule has 1 saturated carbocycles. The van der Waals surface area contributed by atoms with E-state index in [0.717, 1.165) is 25.1 Å². The third kappa shape index (κ3) is 5.91. The van der Waals surface area contributed by atoms with Gasteiger partial charge in [-0.15, -0.1) is 0 Å². The summed E-state index contributed by atoms with van der Waals surface area (Å²) in [4.78, 5) is 7.36.